The largest absolute Gasteiger partial charge is 0.248 e. The molecule has 1 heteroatoms. The molecular formula is C21H23N. The zero-order valence-electron chi connectivity index (χ0n) is 13.9. The van der Waals surface area contributed by atoms with Crippen molar-refractivity contribution in [2.24, 2.45) is 0 Å². The van der Waals surface area contributed by atoms with E-state index in [9.17, 15) is 0 Å². The Balaban J connectivity index is 2.16. The summed E-state index contributed by atoms with van der Waals surface area (Å²) < 4.78 is 0. The molecule has 0 atom stereocenters. The van der Waals surface area contributed by atoms with E-state index in [-0.39, 0.29) is 5.41 Å². The summed E-state index contributed by atoms with van der Waals surface area (Å²) in [4.78, 5) is 4.84. The van der Waals surface area contributed by atoms with Crippen molar-refractivity contribution in [1.29, 1.82) is 0 Å². The lowest BCUT2D eigenvalue weighted by Crippen LogP contribution is -2.11. The maximum Gasteiger partial charge on any atom is 0.0709 e. The summed E-state index contributed by atoms with van der Waals surface area (Å²) >= 11 is 0. The van der Waals surface area contributed by atoms with Gasteiger partial charge < -0.3 is 0 Å². The van der Waals surface area contributed by atoms with Crippen LogP contribution in [0, 0.1) is 0 Å². The van der Waals surface area contributed by atoms with Gasteiger partial charge in [0.05, 0.1) is 11.2 Å². The number of hydrogen-bond donors (Lipinski definition) is 0. The molecule has 0 spiro atoms. The molecule has 0 N–H and O–H groups in total. The molecule has 0 aliphatic heterocycles. The van der Waals surface area contributed by atoms with E-state index in [0.717, 1.165) is 17.6 Å². The lowest BCUT2D eigenvalue weighted by Gasteiger charge is -2.21. The molecule has 112 valence electrons. The van der Waals surface area contributed by atoms with Crippen LogP contribution in [0.25, 0.3) is 22.2 Å². The van der Waals surface area contributed by atoms with E-state index in [1.165, 1.54) is 22.1 Å². The van der Waals surface area contributed by atoms with Crippen molar-refractivity contribution in [3.63, 3.8) is 0 Å². The van der Waals surface area contributed by atoms with Crippen LogP contribution in [0.4, 0.5) is 0 Å². The molecule has 0 aliphatic carbocycles. The third-order valence-electron chi connectivity index (χ3n) is 4.16. The van der Waals surface area contributed by atoms with Gasteiger partial charge in [0.25, 0.3) is 0 Å². The highest BCUT2D eigenvalue weighted by molar-refractivity contribution is 5.81. The van der Waals surface area contributed by atoms with Gasteiger partial charge in [-0.1, -0.05) is 58.0 Å². The monoisotopic (exact) mass is 289 g/mol. The molecule has 22 heavy (non-hydrogen) atoms. The molecule has 0 unspecified atom stereocenters. The first-order chi connectivity index (χ1) is 10.5. The normalized spacial score (nSPS) is 11.8. The van der Waals surface area contributed by atoms with Crippen molar-refractivity contribution in [2.45, 2.75) is 39.5 Å². The van der Waals surface area contributed by atoms with Crippen LogP contribution >= 0.6 is 0 Å². The Morgan fingerprint density at radius 2 is 1.68 bits per heavy atom. The van der Waals surface area contributed by atoms with Gasteiger partial charge in [0.1, 0.15) is 0 Å². The topological polar surface area (TPSA) is 12.9 Å². The highest BCUT2D eigenvalue weighted by atomic mass is 14.7. The maximum absolute atomic E-state index is 4.84. The minimum Gasteiger partial charge on any atom is -0.248 e. The molecule has 1 aromatic heterocycles. The van der Waals surface area contributed by atoms with E-state index in [1.54, 1.807) is 0 Å². The highest BCUT2D eigenvalue weighted by Gasteiger charge is 2.16. The molecule has 0 saturated heterocycles. The molecule has 3 rings (SSSR count). The van der Waals surface area contributed by atoms with E-state index >= 15 is 0 Å². The standard InChI is InChI=1S/C21H23N/c1-5-15-12-17(14-18(13-15)21(2,3)4)20-11-10-16-8-6-7-9-19(16)22-20/h6-14H,5H2,1-4H3. The van der Waals surface area contributed by atoms with Gasteiger partial charge in [0.15, 0.2) is 0 Å². The Morgan fingerprint density at radius 1 is 0.909 bits per heavy atom. The minimum atomic E-state index is 0.150. The van der Waals surface area contributed by atoms with Crippen LogP contribution < -0.4 is 0 Å². The Labute approximate surface area is 133 Å². The number of fused-ring (bicyclic) bond motifs is 1. The Hall–Kier alpha value is -2.15. The van der Waals surface area contributed by atoms with Crippen LogP contribution in [-0.2, 0) is 11.8 Å². The molecule has 2 aromatic carbocycles. The molecule has 1 nitrogen and oxygen atoms in total. The molecule has 0 amide bonds. The Morgan fingerprint density at radius 3 is 2.41 bits per heavy atom. The van der Waals surface area contributed by atoms with Crippen molar-refractivity contribution >= 4 is 10.9 Å². The molecule has 0 radical (unpaired) electrons. The first-order valence-corrected chi connectivity index (χ1v) is 7.98. The summed E-state index contributed by atoms with van der Waals surface area (Å²) in [6.45, 7) is 9.00. The molecule has 0 saturated carbocycles. The highest BCUT2D eigenvalue weighted by Crippen LogP contribution is 2.29. The first-order valence-electron chi connectivity index (χ1n) is 7.98. The van der Waals surface area contributed by atoms with Gasteiger partial charge >= 0.3 is 0 Å². The van der Waals surface area contributed by atoms with E-state index in [0.29, 0.717) is 0 Å². The van der Waals surface area contributed by atoms with E-state index in [4.69, 9.17) is 4.98 Å². The van der Waals surface area contributed by atoms with Crippen molar-refractivity contribution in [1.82, 2.24) is 4.98 Å². The molecule has 0 aliphatic rings. The lowest BCUT2D eigenvalue weighted by molar-refractivity contribution is 0.589. The quantitative estimate of drug-likeness (QED) is 0.584. The summed E-state index contributed by atoms with van der Waals surface area (Å²) in [7, 11) is 0. The number of para-hydroxylation sites is 1. The van der Waals surface area contributed by atoms with Gasteiger partial charge in [-0.2, -0.15) is 0 Å². The number of hydrogen-bond acceptors (Lipinski definition) is 1. The summed E-state index contributed by atoms with van der Waals surface area (Å²) in [5, 5.41) is 1.19. The summed E-state index contributed by atoms with van der Waals surface area (Å²) in [6.07, 6.45) is 1.05. The fourth-order valence-corrected chi connectivity index (χ4v) is 2.70. The molecule has 0 fully saturated rings. The van der Waals surface area contributed by atoms with Crippen LogP contribution in [0.3, 0.4) is 0 Å². The second kappa shape index (κ2) is 5.57. The van der Waals surface area contributed by atoms with Gasteiger partial charge in [-0.15, -0.1) is 0 Å². The SMILES string of the molecule is CCc1cc(-c2ccc3ccccc3n2)cc(C(C)(C)C)c1. The van der Waals surface area contributed by atoms with Crippen LogP contribution in [0.1, 0.15) is 38.8 Å². The van der Waals surface area contributed by atoms with Gasteiger partial charge in [-0.05, 0) is 47.2 Å². The summed E-state index contributed by atoms with van der Waals surface area (Å²) in [5.41, 5.74) is 6.22. The van der Waals surface area contributed by atoms with Crippen molar-refractivity contribution in [2.75, 3.05) is 0 Å². The number of aryl methyl sites for hydroxylation is 1. The predicted octanol–water partition coefficient (Wildman–Crippen LogP) is 5.76. The maximum atomic E-state index is 4.84. The van der Waals surface area contributed by atoms with Gasteiger partial charge in [0.2, 0.25) is 0 Å². The van der Waals surface area contributed by atoms with Gasteiger partial charge in [0, 0.05) is 10.9 Å². The van der Waals surface area contributed by atoms with Crippen molar-refractivity contribution < 1.29 is 0 Å². The number of benzene rings is 2. The Bertz CT molecular complexity index is 809. The zero-order valence-corrected chi connectivity index (χ0v) is 13.9. The van der Waals surface area contributed by atoms with E-state index in [1.807, 2.05) is 6.07 Å². The number of rotatable bonds is 2. The summed E-state index contributed by atoms with van der Waals surface area (Å²) in [6, 6.07) is 19.5. The second-order valence-corrected chi connectivity index (χ2v) is 6.91. The molecular weight excluding hydrogens is 266 g/mol. The third-order valence-corrected chi connectivity index (χ3v) is 4.16. The molecule has 3 aromatic rings. The number of aromatic nitrogens is 1. The Kier molecular flexibility index (Phi) is 3.74. The van der Waals surface area contributed by atoms with Gasteiger partial charge in [-0.3, -0.25) is 0 Å². The second-order valence-electron chi connectivity index (χ2n) is 6.91. The zero-order chi connectivity index (χ0) is 15.7. The minimum absolute atomic E-state index is 0.150. The smallest absolute Gasteiger partial charge is 0.0709 e. The van der Waals surface area contributed by atoms with E-state index < -0.39 is 0 Å². The number of pyridine rings is 1. The van der Waals surface area contributed by atoms with Crippen LogP contribution in [0.2, 0.25) is 0 Å². The average Bonchev–Trinajstić information content (AvgIpc) is 2.53. The third kappa shape index (κ3) is 2.89. The van der Waals surface area contributed by atoms with Crippen LogP contribution in [0.15, 0.2) is 54.6 Å². The molecule has 1 heterocycles. The van der Waals surface area contributed by atoms with Crippen LogP contribution in [-0.4, -0.2) is 4.98 Å². The molecule has 0 bridgehead atoms. The predicted molar refractivity (Wildman–Crippen MR) is 95.3 cm³/mol. The number of nitrogens with zero attached hydrogens (tertiary/aromatic N) is 1. The van der Waals surface area contributed by atoms with Crippen molar-refractivity contribution in [3.8, 4) is 11.3 Å². The lowest BCUT2D eigenvalue weighted by atomic mass is 9.84. The van der Waals surface area contributed by atoms with Crippen molar-refractivity contribution in [3.05, 3.63) is 65.7 Å². The first kappa shape index (κ1) is 14.8. The fourth-order valence-electron chi connectivity index (χ4n) is 2.70. The van der Waals surface area contributed by atoms with Crippen LogP contribution in [0.5, 0.6) is 0 Å². The van der Waals surface area contributed by atoms with Gasteiger partial charge in [-0.25, -0.2) is 4.98 Å². The van der Waals surface area contributed by atoms with E-state index in [2.05, 4.69) is 76.2 Å². The summed E-state index contributed by atoms with van der Waals surface area (Å²) in [5.74, 6) is 0. The average molecular weight is 289 g/mol. The fraction of sp³-hybridized carbons (Fsp3) is 0.286.